The van der Waals surface area contributed by atoms with Gasteiger partial charge in [0, 0.05) is 23.3 Å². The first-order valence-electron chi connectivity index (χ1n) is 9.84. The van der Waals surface area contributed by atoms with E-state index < -0.39 is 5.82 Å². The van der Waals surface area contributed by atoms with Gasteiger partial charge in [-0.1, -0.05) is 23.7 Å². The van der Waals surface area contributed by atoms with Crippen LogP contribution in [0.2, 0.25) is 5.02 Å². The lowest BCUT2D eigenvalue weighted by molar-refractivity contribution is -0.105. The summed E-state index contributed by atoms with van der Waals surface area (Å²) in [6.45, 7) is 1.98. The van der Waals surface area contributed by atoms with Gasteiger partial charge >= 0.3 is 0 Å². The number of hydrogen-bond acceptors (Lipinski definition) is 6. The van der Waals surface area contributed by atoms with E-state index in [-0.39, 0.29) is 5.02 Å². The summed E-state index contributed by atoms with van der Waals surface area (Å²) in [5.41, 5.74) is 2.69. The molecular formula is C24H21ClFN5O2. The first kappa shape index (κ1) is 23.6. The highest BCUT2D eigenvalue weighted by Gasteiger charge is 2.11. The molecule has 0 fully saturated rings. The smallest absolute Gasteiger partial charge is 0.211 e. The predicted molar refractivity (Wildman–Crippen MR) is 129 cm³/mol. The zero-order valence-corrected chi connectivity index (χ0v) is 18.7. The molecule has 0 atom stereocenters. The molecule has 0 spiro atoms. The number of hydrogen-bond donors (Lipinski definition) is 2. The topological polar surface area (TPSA) is 89.0 Å². The van der Waals surface area contributed by atoms with Gasteiger partial charge in [-0.3, -0.25) is 9.78 Å². The fourth-order valence-electron chi connectivity index (χ4n) is 2.88. The third-order valence-electron chi connectivity index (χ3n) is 4.38. The molecule has 7 nitrogen and oxygen atoms in total. The highest BCUT2D eigenvalue weighted by Crippen LogP contribution is 2.33. The maximum Gasteiger partial charge on any atom is 0.211 e. The van der Waals surface area contributed by atoms with Crippen LogP contribution in [-0.4, -0.2) is 28.5 Å². The van der Waals surface area contributed by atoms with E-state index in [0.29, 0.717) is 40.3 Å². The lowest BCUT2D eigenvalue weighted by atomic mass is 10.2. The maximum absolute atomic E-state index is 13.3. The van der Waals surface area contributed by atoms with Gasteiger partial charge < -0.3 is 15.4 Å². The van der Waals surface area contributed by atoms with Crippen LogP contribution < -0.4 is 15.4 Å². The van der Waals surface area contributed by atoms with Crippen LogP contribution in [0.3, 0.4) is 0 Å². The molecule has 33 heavy (non-hydrogen) atoms. The number of ether oxygens (including phenoxy) is 1. The van der Waals surface area contributed by atoms with Crippen LogP contribution in [-0.2, 0) is 4.79 Å². The van der Waals surface area contributed by atoms with Gasteiger partial charge in [0.2, 0.25) is 6.41 Å². The van der Waals surface area contributed by atoms with Crippen molar-refractivity contribution in [3.8, 4) is 5.75 Å². The number of pyridine rings is 1. The first-order valence-corrected chi connectivity index (χ1v) is 10.2. The van der Waals surface area contributed by atoms with Crippen molar-refractivity contribution >= 4 is 52.2 Å². The van der Waals surface area contributed by atoms with E-state index in [1.807, 2.05) is 37.3 Å². The van der Waals surface area contributed by atoms with Crippen molar-refractivity contribution in [1.82, 2.24) is 15.0 Å². The van der Waals surface area contributed by atoms with Crippen molar-refractivity contribution in [2.24, 2.45) is 0 Å². The Morgan fingerprint density at radius 2 is 1.94 bits per heavy atom. The highest BCUT2D eigenvalue weighted by atomic mass is 35.5. The summed E-state index contributed by atoms with van der Waals surface area (Å²) in [5.74, 6) is 0.459. The molecule has 4 aromatic rings. The van der Waals surface area contributed by atoms with Crippen molar-refractivity contribution in [1.29, 1.82) is 0 Å². The Balaban J connectivity index is 0.000000286. The molecular weight excluding hydrogens is 445 g/mol. The molecule has 9 heteroatoms. The molecule has 2 aromatic carbocycles. The molecule has 0 unspecified atom stereocenters. The number of anilines is 3. The van der Waals surface area contributed by atoms with Gasteiger partial charge in [-0.15, -0.1) is 0 Å². The van der Waals surface area contributed by atoms with Gasteiger partial charge in [-0.25, -0.2) is 14.4 Å². The molecule has 0 aliphatic carbocycles. The molecule has 0 aliphatic heterocycles. The second-order valence-corrected chi connectivity index (χ2v) is 6.97. The number of methoxy groups -OCH3 is 1. The van der Waals surface area contributed by atoms with Crippen molar-refractivity contribution in [2.75, 3.05) is 17.7 Å². The van der Waals surface area contributed by atoms with E-state index in [1.54, 1.807) is 24.4 Å². The van der Waals surface area contributed by atoms with E-state index in [4.69, 9.17) is 16.3 Å². The molecule has 1 amide bonds. The third kappa shape index (κ3) is 6.24. The van der Waals surface area contributed by atoms with Crippen molar-refractivity contribution in [3.05, 3.63) is 83.7 Å². The summed E-state index contributed by atoms with van der Waals surface area (Å²) in [6.07, 6.45) is 7.68. The lowest BCUT2D eigenvalue weighted by Gasteiger charge is -2.12. The van der Waals surface area contributed by atoms with Gasteiger partial charge in [0.15, 0.2) is 0 Å². The minimum absolute atomic E-state index is 0.00309. The Bertz CT molecular complexity index is 1270. The number of aromatic nitrogens is 3. The van der Waals surface area contributed by atoms with Gasteiger partial charge in [0.05, 0.1) is 29.0 Å². The summed E-state index contributed by atoms with van der Waals surface area (Å²) < 4.78 is 18.5. The number of fused-ring (bicyclic) bond motifs is 1. The van der Waals surface area contributed by atoms with E-state index >= 15 is 0 Å². The van der Waals surface area contributed by atoms with Gasteiger partial charge in [0.1, 0.15) is 23.7 Å². The largest absolute Gasteiger partial charge is 0.494 e. The van der Waals surface area contributed by atoms with Gasteiger partial charge in [-0.05, 0) is 49.4 Å². The number of benzene rings is 2. The summed E-state index contributed by atoms with van der Waals surface area (Å²) in [4.78, 5) is 23.2. The Morgan fingerprint density at radius 3 is 2.61 bits per heavy atom. The number of nitrogens with one attached hydrogen (secondary N) is 2. The molecule has 0 radical (unpaired) electrons. The zero-order chi connectivity index (χ0) is 23.6. The molecule has 0 aliphatic rings. The number of allylic oxidation sites excluding steroid dienone is 1. The average Bonchev–Trinajstić information content (AvgIpc) is 2.83. The minimum Gasteiger partial charge on any atom is -0.494 e. The number of amides is 1. The standard InChI is InChI=1S/C16H12ClFN4O2.C8H9N/c1-24-15-6-13-10(5-14(15)21-8-23)16(20-7-19-13)22-9-2-3-12(18)11(17)4-9;1-2-5-8-6-3-4-7-9-8/h2-8H,1H3,(H,21,23)(H,19,20,22);2-7H,1H3/b;5-2+. The third-order valence-corrected chi connectivity index (χ3v) is 4.67. The average molecular weight is 466 g/mol. The summed E-state index contributed by atoms with van der Waals surface area (Å²) in [5, 5.41) is 6.29. The predicted octanol–water partition coefficient (Wildman–Crippen LogP) is 5.86. The molecule has 0 bridgehead atoms. The number of nitrogens with zero attached hydrogens (tertiary/aromatic N) is 3. The van der Waals surface area contributed by atoms with E-state index in [2.05, 4.69) is 25.6 Å². The zero-order valence-electron chi connectivity index (χ0n) is 17.9. The molecule has 168 valence electrons. The fraction of sp³-hybridized carbons (Fsp3) is 0.0833. The van der Waals surface area contributed by atoms with Crippen LogP contribution in [0.1, 0.15) is 12.6 Å². The van der Waals surface area contributed by atoms with Crippen LogP contribution in [0.15, 0.2) is 67.1 Å². The van der Waals surface area contributed by atoms with E-state index in [0.717, 1.165) is 5.69 Å². The normalized spacial score (nSPS) is 10.4. The fourth-order valence-corrected chi connectivity index (χ4v) is 3.07. The Morgan fingerprint density at radius 1 is 1.09 bits per heavy atom. The number of carbonyl (C=O) groups excluding carboxylic acids is 1. The molecule has 2 N–H and O–H groups in total. The minimum atomic E-state index is -0.503. The van der Waals surface area contributed by atoms with Crippen LogP contribution in [0.4, 0.5) is 21.6 Å². The van der Waals surface area contributed by atoms with Gasteiger partial charge in [-0.2, -0.15) is 0 Å². The summed E-state index contributed by atoms with van der Waals surface area (Å²) >= 11 is 5.79. The molecule has 4 rings (SSSR count). The second kappa shape index (κ2) is 11.5. The van der Waals surface area contributed by atoms with E-state index in [1.165, 1.54) is 25.6 Å². The maximum atomic E-state index is 13.3. The number of rotatable bonds is 6. The molecule has 0 saturated heterocycles. The number of carbonyl (C=O) groups is 1. The van der Waals surface area contributed by atoms with Crippen LogP contribution >= 0.6 is 11.6 Å². The second-order valence-electron chi connectivity index (χ2n) is 6.56. The quantitative estimate of drug-likeness (QED) is 0.347. The van der Waals surface area contributed by atoms with E-state index in [9.17, 15) is 9.18 Å². The van der Waals surface area contributed by atoms with Crippen molar-refractivity contribution in [2.45, 2.75) is 6.92 Å². The first-order chi connectivity index (χ1) is 16.0. The number of halogens is 2. The highest BCUT2D eigenvalue weighted by molar-refractivity contribution is 6.31. The van der Waals surface area contributed by atoms with Gasteiger partial charge in [0.25, 0.3) is 0 Å². The monoisotopic (exact) mass is 465 g/mol. The summed E-state index contributed by atoms with van der Waals surface area (Å²) in [7, 11) is 1.50. The van der Waals surface area contributed by atoms with Crippen LogP contribution in [0.5, 0.6) is 5.75 Å². The molecule has 2 heterocycles. The van der Waals surface area contributed by atoms with Crippen molar-refractivity contribution in [3.63, 3.8) is 0 Å². The Labute approximate surface area is 195 Å². The molecule has 0 saturated carbocycles. The van der Waals surface area contributed by atoms with Crippen LogP contribution in [0.25, 0.3) is 17.0 Å². The molecule has 2 aromatic heterocycles. The van der Waals surface area contributed by atoms with Crippen LogP contribution in [0, 0.1) is 5.82 Å². The Kier molecular flexibility index (Phi) is 8.26. The summed E-state index contributed by atoms with van der Waals surface area (Å²) in [6, 6.07) is 13.5. The Hall–Kier alpha value is -4.04. The van der Waals surface area contributed by atoms with Crippen molar-refractivity contribution < 1.29 is 13.9 Å². The lowest BCUT2D eigenvalue weighted by Crippen LogP contribution is -2.00. The SMILES string of the molecule is C/C=C/c1ccccn1.COc1cc2ncnc(Nc3ccc(F)c(Cl)c3)c2cc1NC=O.